The summed E-state index contributed by atoms with van der Waals surface area (Å²) in [6.07, 6.45) is -5.31. The van der Waals surface area contributed by atoms with Crippen LogP contribution in [0.3, 0.4) is 0 Å². The van der Waals surface area contributed by atoms with Crippen LogP contribution in [-0.4, -0.2) is 25.2 Å². The van der Waals surface area contributed by atoms with Crippen molar-refractivity contribution in [1.29, 1.82) is 0 Å². The Labute approximate surface area is 115 Å². The van der Waals surface area contributed by atoms with Crippen molar-refractivity contribution in [2.45, 2.75) is 25.9 Å². The Balaban J connectivity index is 2.68. The average molecular weight is 290 g/mol. The van der Waals surface area contributed by atoms with E-state index in [1.54, 1.807) is 6.92 Å². The number of anilines is 1. The van der Waals surface area contributed by atoms with E-state index in [4.69, 9.17) is 10.5 Å². The zero-order valence-electron chi connectivity index (χ0n) is 11.1. The Morgan fingerprint density at radius 3 is 2.70 bits per heavy atom. The molecular formula is C13H17F3N2O2. The van der Waals surface area contributed by atoms with Crippen LogP contribution in [0.1, 0.15) is 30.1 Å². The van der Waals surface area contributed by atoms with Gasteiger partial charge in [0.15, 0.2) is 0 Å². The quantitative estimate of drug-likeness (QED) is 0.625. The van der Waals surface area contributed by atoms with Gasteiger partial charge < -0.3 is 15.8 Å². The molecule has 0 aliphatic rings. The van der Waals surface area contributed by atoms with Crippen molar-refractivity contribution >= 4 is 11.6 Å². The number of carbonyl (C=O) groups excluding carboxylic acids is 1. The molecule has 0 saturated heterocycles. The van der Waals surface area contributed by atoms with E-state index in [-0.39, 0.29) is 30.2 Å². The number of hydrogen-bond donors (Lipinski definition) is 2. The molecule has 1 amide bonds. The molecule has 0 aliphatic carbocycles. The number of alkyl halides is 3. The third-order valence-electron chi connectivity index (χ3n) is 2.45. The monoisotopic (exact) mass is 290 g/mol. The number of ether oxygens (including phenoxy) is 1. The molecule has 4 nitrogen and oxygen atoms in total. The lowest BCUT2D eigenvalue weighted by molar-refractivity contribution is -0.136. The standard InChI is InChI=1S/C13H17F3N2O2/c1-2-18-12(19)10-5-4-9(17)8-11(10)20-7-3-6-13(14,15)16/h4-5,8H,2-3,6-7,17H2,1H3,(H,18,19). The van der Waals surface area contributed by atoms with Crippen molar-refractivity contribution in [2.24, 2.45) is 0 Å². The van der Waals surface area contributed by atoms with Gasteiger partial charge in [0.2, 0.25) is 0 Å². The van der Waals surface area contributed by atoms with E-state index >= 15 is 0 Å². The van der Waals surface area contributed by atoms with E-state index in [0.717, 1.165) is 0 Å². The molecule has 0 aromatic heterocycles. The molecule has 20 heavy (non-hydrogen) atoms. The molecule has 0 atom stereocenters. The maximum Gasteiger partial charge on any atom is 0.389 e. The van der Waals surface area contributed by atoms with Crippen LogP contribution in [0.2, 0.25) is 0 Å². The molecule has 1 aromatic carbocycles. The molecule has 3 N–H and O–H groups in total. The topological polar surface area (TPSA) is 64.4 Å². The van der Waals surface area contributed by atoms with Crippen LogP contribution in [-0.2, 0) is 0 Å². The van der Waals surface area contributed by atoms with Crippen LogP contribution >= 0.6 is 0 Å². The van der Waals surface area contributed by atoms with E-state index in [2.05, 4.69) is 5.32 Å². The predicted molar refractivity (Wildman–Crippen MR) is 69.6 cm³/mol. The lowest BCUT2D eigenvalue weighted by Gasteiger charge is -2.12. The molecule has 0 spiro atoms. The average Bonchev–Trinajstić information content (AvgIpc) is 2.34. The van der Waals surface area contributed by atoms with Gasteiger partial charge in [-0.3, -0.25) is 4.79 Å². The normalized spacial score (nSPS) is 11.2. The predicted octanol–water partition coefficient (Wildman–Crippen LogP) is 2.74. The Bertz CT molecular complexity index is 461. The minimum absolute atomic E-state index is 0.130. The van der Waals surface area contributed by atoms with Crippen molar-refractivity contribution in [3.63, 3.8) is 0 Å². The summed E-state index contributed by atoms with van der Waals surface area (Å²) in [5, 5.41) is 2.60. The lowest BCUT2D eigenvalue weighted by atomic mass is 10.1. The number of nitrogen functional groups attached to an aromatic ring is 1. The fraction of sp³-hybridized carbons (Fsp3) is 0.462. The van der Waals surface area contributed by atoms with E-state index in [1.165, 1.54) is 18.2 Å². The fourth-order valence-corrected chi connectivity index (χ4v) is 1.56. The zero-order chi connectivity index (χ0) is 15.2. The van der Waals surface area contributed by atoms with Gasteiger partial charge in [0.25, 0.3) is 5.91 Å². The van der Waals surface area contributed by atoms with Crippen LogP contribution in [0.25, 0.3) is 0 Å². The van der Waals surface area contributed by atoms with Crippen LogP contribution in [0.4, 0.5) is 18.9 Å². The smallest absolute Gasteiger partial charge is 0.389 e. The first-order chi connectivity index (χ1) is 9.33. The second-order valence-corrected chi connectivity index (χ2v) is 4.18. The maximum atomic E-state index is 12.0. The van der Waals surface area contributed by atoms with Gasteiger partial charge in [-0.05, 0) is 25.5 Å². The SMILES string of the molecule is CCNC(=O)c1ccc(N)cc1OCCCC(F)(F)F. The van der Waals surface area contributed by atoms with E-state index in [0.29, 0.717) is 12.2 Å². The first kappa shape index (κ1) is 16.1. The molecule has 7 heteroatoms. The molecule has 0 bridgehead atoms. The van der Waals surface area contributed by atoms with Crippen molar-refractivity contribution in [3.05, 3.63) is 23.8 Å². The first-order valence-electron chi connectivity index (χ1n) is 6.20. The van der Waals surface area contributed by atoms with Crippen molar-refractivity contribution in [3.8, 4) is 5.75 Å². The Morgan fingerprint density at radius 2 is 2.10 bits per heavy atom. The molecule has 0 unspecified atom stereocenters. The molecule has 1 aromatic rings. The largest absolute Gasteiger partial charge is 0.493 e. The highest BCUT2D eigenvalue weighted by molar-refractivity contribution is 5.97. The van der Waals surface area contributed by atoms with E-state index in [9.17, 15) is 18.0 Å². The molecule has 0 aliphatic heterocycles. The highest BCUT2D eigenvalue weighted by Crippen LogP contribution is 2.24. The van der Waals surface area contributed by atoms with Gasteiger partial charge in [0.05, 0.1) is 12.2 Å². The van der Waals surface area contributed by atoms with E-state index < -0.39 is 12.6 Å². The van der Waals surface area contributed by atoms with Crippen LogP contribution in [0, 0.1) is 0 Å². The number of benzene rings is 1. The third-order valence-corrected chi connectivity index (χ3v) is 2.45. The Hall–Kier alpha value is -1.92. The summed E-state index contributed by atoms with van der Waals surface area (Å²) in [6, 6.07) is 4.45. The van der Waals surface area contributed by atoms with Crippen LogP contribution < -0.4 is 15.8 Å². The molecular weight excluding hydrogens is 273 g/mol. The number of halogens is 3. The molecule has 0 fully saturated rings. The van der Waals surface area contributed by atoms with Gasteiger partial charge in [-0.25, -0.2) is 0 Å². The van der Waals surface area contributed by atoms with Gasteiger partial charge >= 0.3 is 6.18 Å². The zero-order valence-corrected chi connectivity index (χ0v) is 11.1. The molecule has 0 radical (unpaired) electrons. The second-order valence-electron chi connectivity index (χ2n) is 4.18. The van der Waals surface area contributed by atoms with Crippen molar-refractivity contribution in [2.75, 3.05) is 18.9 Å². The number of nitrogens with two attached hydrogens (primary N) is 1. The third kappa shape index (κ3) is 5.38. The minimum Gasteiger partial charge on any atom is -0.493 e. The van der Waals surface area contributed by atoms with E-state index in [1.807, 2.05) is 0 Å². The summed E-state index contributed by atoms with van der Waals surface area (Å²) >= 11 is 0. The van der Waals surface area contributed by atoms with Crippen LogP contribution in [0.15, 0.2) is 18.2 Å². The highest BCUT2D eigenvalue weighted by atomic mass is 19.4. The number of amides is 1. The summed E-state index contributed by atoms with van der Waals surface area (Å²) in [7, 11) is 0. The summed E-state index contributed by atoms with van der Waals surface area (Å²) in [6.45, 7) is 2.07. The molecule has 0 saturated carbocycles. The van der Waals surface area contributed by atoms with Gasteiger partial charge in [-0.15, -0.1) is 0 Å². The summed E-state index contributed by atoms with van der Waals surface area (Å²) in [4.78, 5) is 11.8. The van der Waals surface area contributed by atoms with Gasteiger partial charge in [0.1, 0.15) is 5.75 Å². The number of hydrogen-bond acceptors (Lipinski definition) is 3. The second kappa shape index (κ2) is 7.02. The molecule has 0 heterocycles. The lowest BCUT2D eigenvalue weighted by Crippen LogP contribution is -2.23. The number of nitrogens with one attached hydrogen (secondary N) is 1. The fourth-order valence-electron chi connectivity index (χ4n) is 1.56. The maximum absolute atomic E-state index is 12.0. The Morgan fingerprint density at radius 1 is 1.40 bits per heavy atom. The van der Waals surface area contributed by atoms with Crippen LogP contribution in [0.5, 0.6) is 5.75 Å². The Kier molecular flexibility index (Phi) is 5.66. The highest BCUT2D eigenvalue weighted by Gasteiger charge is 2.26. The van der Waals surface area contributed by atoms with Gasteiger partial charge in [-0.2, -0.15) is 13.2 Å². The number of rotatable bonds is 6. The summed E-state index contributed by atoms with van der Waals surface area (Å²) in [5.41, 5.74) is 6.22. The molecule has 1 rings (SSSR count). The first-order valence-corrected chi connectivity index (χ1v) is 6.20. The van der Waals surface area contributed by atoms with Crippen molar-refractivity contribution < 1.29 is 22.7 Å². The van der Waals surface area contributed by atoms with Gasteiger partial charge in [-0.1, -0.05) is 0 Å². The minimum atomic E-state index is -4.21. The summed E-state index contributed by atoms with van der Waals surface area (Å²) in [5.74, 6) is -0.156. The summed E-state index contributed by atoms with van der Waals surface area (Å²) < 4.78 is 41.3. The van der Waals surface area contributed by atoms with Crippen molar-refractivity contribution in [1.82, 2.24) is 5.32 Å². The van der Waals surface area contributed by atoms with Gasteiger partial charge in [0, 0.05) is 24.7 Å². The number of carbonyl (C=O) groups is 1. The molecule has 112 valence electrons.